The summed E-state index contributed by atoms with van der Waals surface area (Å²) in [5.74, 6) is -0.157. The number of likely N-dealkylation sites (tertiary alicyclic amines) is 1. The molecule has 1 atom stereocenters. The quantitative estimate of drug-likeness (QED) is 0.701. The predicted molar refractivity (Wildman–Crippen MR) is 113 cm³/mol. The van der Waals surface area contributed by atoms with Crippen LogP contribution in [0.1, 0.15) is 41.8 Å². The van der Waals surface area contributed by atoms with Gasteiger partial charge in [-0.2, -0.15) is 0 Å². The normalized spacial score (nSPS) is 24.2. The number of halogens is 1. The van der Waals surface area contributed by atoms with Gasteiger partial charge >= 0.3 is 6.03 Å². The predicted octanol–water partition coefficient (Wildman–Crippen LogP) is 3.21. The van der Waals surface area contributed by atoms with E-state index in [1.165, 1.54) is 23.3 Å². The van der Waals surface area contributed by atoms with Crippen LogP contribution < -0.4 is 5.32 Å². The second kappa shape index (κ2) is 8.07. The smallest absolute Gasteiger partial charge is 0.325 e. The highest BCUT2D eigenvalue weighted by atomic mass is 19.1. The van der Waals surface area contributed by atoms with Crippen LogP contribution in [0.3, 0.4) is 0 Å². The second-order valence-corrected chi connectivity index (χ2v) is 9.11. The standard InChI is InChI=1S/C24H26FN3O4/c25-19-7-5-16(6-8-19)14-24(22(30)28(23(31)26-24)15-17-3-4-17)18-9-11-27(12-10-18)21(29)20-2-1-13-32-20/h1-2,5-8,13,17-18H,3-4,9-12,14-15H2,(H,26,31)/t24-/m1/s1. The van der Waals surface area contributed by atoms with Crippen molar-refractivity contribution in [1.82, 2.24) is 15.1 Å². The lowest BCUT2D eigenvalue weighted by Crippen LogP contribution is -2.58. The number of furan rings is 1. The summed E-state index contributed by atoms with van der Waals surface area (Å²) in [6, 6.07) is 9.04. The van der Waals surface area contributed by atoms with Crippen molar-refractivity contribution in [2.75, 3.05) is 19.6 Å². The van der Waals surface area contributed by atoms with Gasteiger partial charge in [-0.1, -0.05) is 12.1 Å². The zero-order valence-corrected chi connectivity index (χ0v) is 17.8. The van der Waals surface area contributed by atoms with Gasteiger partial charge in [0.05, 0.1) is 6.26 Å². The van der Waals surface area contributed by atoms with Crippen LogP contribution in [0.4, 0.5) is 9.18 Å². The van der Waals surface area contributed by atoms with E-state index >= 15 is 0 Å². The minimum atomic E-state index is -1.08. The molecule has 1 aliphatic carbocycles. The molecule has 4 amide bonds. The first kappa shape index (κ1) is 20.7. The van der Waals surface area contributed by atoms with E-state index < -0.39 is 5.54 Å². The third-order valence-electron chi connectivity index (χ3n) is 6.95. The highest BCUT2D eigenvalue weighted by molar-refractivity contribution is 6.07. The number of imide groups is 1. The van der Waals surface area contributed by atoms with Crippen molar-refractivity contribution in [3.8, 4) is 0 Å². The lowest BCUT2D eigenvalue weighted by molar-refractivity contribution is -0.134. The molecule has 0 spiro atoms. The first-order chi connectivity index (χ1) is 15.5. The third kappa shape index (κ3) is 3.78. The second-order valence-electron chi connectivity index (χ2n) is 9.11. The van der Waals surface area contributed by atoms with Crippen LogP contribution in [-0.2, 0) is 11.2 Å². The summed E-state index contributed by atoms with van der Waals surface area (Å²) in [6.45, 7) is 1.40. The van der Waals surface area contributed by atoms with Crippen LogP contribution in [0.25, 0.3) is 0 Å². The van der Waals surface area contributed by atoms with Gasteiger partial charge in [0.25, 0.3) is 11.8 Å². The lowest BCUT2D eigenvalue weighted by Gasteiger charge is -2.41. The molecular weight excluding hydrogens is 413 g/mol. The van der Waals surface area contributed by atoms with E-state index in [-0.39, 0.29) is 29.6 Å². The van der Waals surface area contributed by atoms with Crippen molar-refractivity contribution in [2.24, 2.45) is 11.8 Å². The maximum atomic E-state index is 13.6. The number of benzene rings is 1. The summed E-state index contributed by atoms with van der Waals surface area (Å²) in [6.07, 6.45) is 5.01. The van der Waals surface area contributed by atoms with Crippen molar-refractivity contribution in [1.29, 1.82) is 0 Å². The number of hydrogen-bond donors (Lipinski definition) is 1. The van der Waals surface area contributed by atoms with Gasteiger partial charge in [-0.3, -0.25) is 14.5 Å². The molecule has 3 heterocycles. The molecule has 1 aromatic heterocycles. The SMILES string of the molecule is O=C(c1ccco1)N1CCC([C@@]2(Cc3ccc(F)cc3)NC(=O)N(CC3CC3)C2=O)CC1. The Hall–Kier alpha value is -3.16. The van der Waals surface area contributed by atoms with E-state index in [9.17, 15) is 18.8 Å². The Labute approximate surface area is 185 Å². The van der Waals surface area contributed by atoms with Crippen molar-refractivity contribution in [2.45, 2.75) is 37.6 Å². The zero-order valence-electron chi connectivity index (χ0n) is 17.8. The molecular formula is C24H26FN3O4. The fraction of sp³-hybridized carbons (Fsp3) is 0.458. The summed E-state index contributed by atoms with van der Waals surface area (Å²) in [4.78, 5) is 42.2. The van der Waals surface area contributed by atoms with Gasteiger partial charge in [0.1, 0.15) is 11.4 Å². The van der Waals surface area contributed by atoms with E-state index in [1.54, 1.807) is 29.2 Å². The van der Waals surface area contributed by atoms with Gasteiger partial charge < -0.3 is 14.6 Å². The molecule has 1 N–H and O–H groups in total. The summed E-state index contributed by atoms with van der Waals surface area (Å²) in [7, 11) is 0. The molecule has 2 saturated heterocycles. The first-order valence-corrected chi connectivity index (χ1v) is 11.2. The lowest BCUT2D eigenvalue weighted by atomic mass is 9.74. The van der Waals surface area contributed by atoms with E-state index in [1.807, 2.05) is 0 Å². The van der Waals surface area contributed by atoms with Crippen LogP contribution in [-0.4, -0.2) is 52.8 Å². The highest BCUT2D eigenvalue weighted by Gasteiger charge is 2.56. The molecule has 3 fully saturated rings. The van der Waals surface area contributed by atoms with E-state index in [0.29, 0.717) is 50.6 Å². The molecule has 2 aliphatic heterocycles. The molecule has 0 unspecified atom stereocenters. The minimum Gasteiger partial charge on any atom is -0.459 e. The number of urea groups is 1. The maximum Gasteiger partial charge on any atom is 0.325 e. The van der Waals surface area contributed by atoms with E-state index in [4.69, 9.17) is 4.42 Å². The summed E-state index contributed by atoms with van der Waals surface area (Å²) in [5, 5.41) is 3.03. The Balaban J connectivity index is 1.38. The molecule has 1 saturated carbocycles. The number of rotatable bonds is 6. The van der Waals surface area contributed by atoms with Crippen molar-refractivity contribution in [3.63, 3.8) is 0 Å². The molecule has 3 aliphatic rings. The topological polar surface area (TPSA) is 82.9 Å². The van der Waals surface area contributed by atoms with Crippen LogP contribution >= 0.6 is 0 Å². The van der Waals surface area contributed by atoms with Gasteiger partial charge in [-0.05, 0) is 67.3 Å². The fourth-order valence-electron chi connectivity index (χ4n) is 4.97. The largest absolute Gasteiger partial charge is 0.459 e. The number of carbonyl (C=O) groups excluding carboxylic acids is 3. The average molecular weight is 439 g/mol. The molecule has 0 bridgehead atoms. The third-order valence-corrected chi connectivity index (χ3v) is 6.95. The average Bonchev–Trinajstić information content (AvgIpc) is 3.39. The van der Waals surface area contributed by atoms with Gasteiger partial charge in [0.15, 0.2) is 5.76 Å². The van der Waals surface area contributed by atoms with Gasteiger partial charge in [0, 0.05) is 26.1 Å². The summed E-state index contributed by atoms with van der Waals surface area (Å²) >= 11 is 0. The van der Waals surface area contributed by atoms with Gasteiger partial charge in [0.2, 0.25) is 0 Å². The molecule has 32 heavy (non-hydrogen) atoms. The molecule has 7 nitrogen and oxygen atoms in total. The van der Waals surface area contributed by atoms with Crippen molar-refractivity contribution >= 4 is 17.8 Å². The summed E-state index contributed by atoms with van der Waals surface area (Å²) < 4.78 is 18.7. The Bertz CT molecular complexity index is 1010. The minimum absolute atomic E-state index is 0.131. The van der Waals surface area contributed by atoms with Crippen molar-refractivity contribution in [3.05, 3.63) is 59.8 Å². The number of hydrogen-bond acceptors (Lipinski definition) is 4. The Kier molecular flexibility index (Phi) is 5.23. The number of piperidine rings is 1. The monoisotopic (exact) mass is 439 g/mol. The van der Waals surface area contributed by atoms with Crippen LogP contribution in [0.2, 0.25) is 0 Å². The first-order valence-electron chi connectivity index (χ1n) is 11.2. The molecule has 168 valence electrons. The molecule has 2 aromatic rings. The Morgan fingerprint density at radius 3 is 2.44 bits per heavy atom. The fourth-order valence-corrected chi connectivity index (χ4v) is 4.97. The number of nitrogens with zero attached hydrogens (tertiary/aromatic N) is 2. The Morgan fingerprint density at radius 1 is 1.09 bits per heavy atom. The molecule has 5 rings (SSSR count). The molecule has 1 aromatic carbocycles. The number of carbonyl (C=O) groups is 3. The van der Waals surface area contributed by atoms with Crippen LogP contribution in [0.15, 0.2) is 47.1 Å². The van der Waals surface area contributed by atoms with Crippen LogP contribution in [0, 0.1) is 17.7 Å². The van der Waals surface area contributed by atoms with Crippen LogP contribution in [0.5, 0.6) is 0 Å². The summed E-state index contributed by atoms with van der Waals surface area (Å²) in [5.41, 5.74) is -0.286. The Morgan fingerprint density at radius 2 is 1.81 bits per heavy atom. The zero-order chi connectivity index (χ0) is 22.3. The molecule has 0 radical (unpaired) electrons. The molecule has 8 heteroatoms. The maximum absolute atomic E-state index is 13.6. The number of amides is 4. The van der Waals surface area contributed by atoms with Gasteiger partial charge in [-0.25, -0.2) is 9.18 Å². The van der Waals surface area contributed by atoms with E-state index in [2.05, 4.69) is 5.32 Å². The highest BCUT2D eigenvalue weighted by Crippen LogP contribution is 2.39. The van der Waals surface area contributed by atoms with Crippen molar-refractivity contribution < 1.29 is 23.2 Å². The van der Waals surface area contributed by atoms with E-state index in [0.717, 1.165) is 18.4 Å². The number of nitrogens with one attached hydrogen (secondary N) is 1. The van der Waals surface area contributed by atoms with Gasteiger partial charge in [-0.15, -0.1) is 0 Å².